The molecule has 0 saturated carbocycles. The topological polar surface area (TPSA) is 59.5 Å². The van der Waals surface area contributed by atoms with Gasteiger partial charge in [-0.2, -0.15) is 0 Å². The maximum atomic E-state index is 13.2. The van der Waals surface area contributed by atoms with E-state index >= 15 is 0 Å². The van der Waals surface area contributed by atoms with E-state index in [1.54, 1.807) is 20.8 Å². The van der Waals surface area contributed by atoms with Gasteiger partial charge in [-0.15, -0.1) is 0 Å². The summed E-state index contributed by atoms with van der Waals surface area (Å²) < 4.78 is 18.5. The molecule has 0 unspecified atom stereocenters. The molecule has 1 amide bonds. The zero-order valence-electron chi connectivity index (χ0n) is 12.4. The van der Waals surface area contributed by atoms with E-state index in [4.69, 9.17) is 4.74 Å². The van der Waals surface area contributed by atoms with E-state index in [0.29, 0.717) is 13.0 Å². The van der Waals surface area contributed by atoms with Crippen molar-refractivity contribution in [2.75, 3.05) is 6.54 Å². The summed E-state index contributed by atoms with van der Waals surface area (Å²) in [4.78, 5) is 29.7. The van der Waals surface area contributed by atoms with Crippen molar-refractivity contribution in [1.29, 1.82) is 0 Å². The number of nitrogens with zero attached hydrogens (tertiary/aromatic N) is 2. The van der Waals surface area contributed by atoms with E-state index in [0.717, 1.165) is 18.7 Å². The first-order valence-corrected chi connectivity index (χ1v) is 6.92. The summed E-state index contributed by atoms with van der Waals surface area (Å²) in [6.45, 7) is 5.80. The summed E-state index contributed by atoms with van der Waals surface area (Å²) in [6, 6.07) is 0.514. The monoisotopic (exact) mass is 294 g/mol. The molecule has 0 aliphatic carbocycles. The highest BCUT2D eigenvalue weighted by atomic mass is 19.1. The van der Waals surface area contributed by atoms with E-state index < -0.39 is 29.3 Å². The third-order valence-electron chi connectivity index (χ3n) is 3.14. The Balaban J connectivity index is 2.15. The van der Waals surface area contributed by atoms with E-state index in [-0.39, 0.29) is 5.56 Å². The van der Waals surface area contributed by atoms with E-state index in [9.17, 15) is 14.0 Å². The van der Waals surface area contributed by atoms with Crippen LogP contribution in [0.1, 0.15) is 44.0 Å². The molecule has 1 aliphatic heterocycles. The summed E-state index contributed by atoms with van der Waals surface area (Å²) in [5.74, 6) is -1.39. The molecule has 1 aromatic rings. The van der Waals surface area contributed by atoms with Crippen LogP contribution in [-0.4, -0.2) is 39.9 Å². The standard InChI is InChI=1S/C15H19FN2O3/c1-15(2,3)21-14(20)12-5-4-6-18(12)13(19)10-7-11(16)9-17-8-10/h7-9,12H,4-6H2,1-3H3/t12-/m0/s1. The maximum Gasteiger partial charge on any atom is 0.329 e. The third kappa shape index (κ3) is 3.77. The minimum Gasteiger partial charge on any atom is -0.458 e. The molecule has 1 aliphatic rings. The number of aromatic nitrogens is 1. The van der Waals surface area contributed by atoms with Gasteiger partial charge in [-0.05, 0) is 39.7 Å². The fraction of sp³-hybridized carbons (Fsp3) is 0.533. The highest BCUT2D eigenvalue weighted by Crippen LogP contribution is 2.23. The van der Waals surface area contributed by atoms with E-state index in [1.807, 2.05) is 0 Å². The van der Waals surface area contributed by atoms with Crippen LogP contribution in [0.3, 0.4) is 0 Å². The molecule has 2 heterocycles. The highest BCUT2D eigenvalue weighted by Gasteiger charge is 2.37. The molecule has 1 saturated heterocycles. The summed E-state index contributed by atoms with van der Waals surface area (Å²) in [5.41, 5.74) is -0.458. The van der Waals surface area contributed by atoms with Crippen molar-refractivity contribution in [3.63, 3.8) is 0 Å². The molecule has 1 aromatic heterocycles. The highest BCUT2D eigenvalue weighted by molar-refractivity contribution is 5.96. The Bertz CT molecular complexity index is 554. The lowest BCUT2D eigenvalue weighted by Gasteiger charge is -2.27. The molecule has 0 bridgehead atoms. The SMILES string of the molecule is CC(C)(C)OC(=O)[C@@H]1CCCN1C(=O)c1cncc(F)c1. The van der Waals surface area contributed by atoms with Crippen molar-refractivity contribution in [3.8, 4) is 0 Å². The molecule has 1 fully saturated rings. The summed E-state index contributed by atoms with van der Waals surface area (Å²) >= 11 is 0. The Labute approximate surface area is 123 Å². The molecule has 1 atom stereocenters. The van der Waals surface area contributed by atoms with Crippen LogP contribution in [0.4, 0.5) is 4.39 Å². The van der Waals surface area contributed by atoms with Crippen LogP contribution in [0.2, 0.25) is 0 Å². The number of esters is 1. The van der Waals surface area contributed by atoms with Crippen molar-refractivity contribution >= 4 is 11.9 Å². The molecule has 0 radical (unpaired) electrons. The fourth-order valence-corrected chi connectivity index (χ4v) is 2.32. The number of hydrogen-bond donors (Lipinski definition) is 0. The van der Waals surface area contributed by atoms with Gasteiger partial charge < -0.3 is 9.64 Å². The zero-order chi connectivity index (χ0) is 15.6. The van der Waals surface area contributed by atoms with Gasteiger partial charge in [0.25, 0.3) is 5.91 Å². The maximum absolute atomic E-state index is 13.2. The first-order valence-electron chi connectivity index (χ1n) is 6.92. The number of likely N-dealkylation sites (tertiary alicyclic amines) is 1. The molecule has 0 spiro atoms. The van der Waals surface area contributed by atoms with Crippen LogP contribution in [0.5, 0.6) is 0 Å². The first-order chi connectivity index (χ1) is 9.78. The van der Waals surface area contributed by atoms with Crippen LogP contribution in [0, 0.1) is 5.82 Å². The third-order valence-corrected chi connectivity index (χ3v) is 3.14. The lowest BCUT2D eigenvalue weighted by atomic mass is 10.1. The van der Waals surface area contributed by atoms with Crippen LogP contribution >= 0.6 is 0 Å². The molecule has 21 heavy (non-hydrogen) atoms. The number of rotatable bonds is 2. The number of amides is 1. The Morgan fingerprint density at radius 3 is 2.71 bits per heavy atom. The molecule has 0 N–H and O–H groups in total. The second-order valence-electron chi connectivity index (χ2n) is 6.08. The quantitative estimate of drug-likeness (QED) is 0.784. The summed E-state index contributed by atoms with van der Waals surface area (Å²) in [6.07, 6.45) is 3.61. The van der Waals surface area contributed by atoms with E-state index in [2.05, 4.69) is 4.98 Å². The van der Waals surface area contributed by atoms with Gasteiger partial charge in [-0.25, -0.2) is 9.18 Å². The molecule has 114 valence electrons. The summed E-state index contributed by atoms with van der Waals surface area (Å²) in [5, 5.41) is 0. The van der Waals surface area contributed by atoms with Crippen LogP contribution in [0.25, 0.3) is 0 Å². The number of halogens is 1. The number of carbonyl (C=O) groups excluding carboxylic acids is 2. The summed E-state index contributed by atoms with van der Waals surface area (Å²) in [7, 11) is 0. The minimum atomic E-state index is -0.611. The van der Waals surface area contributed by atoms with Crippen molar-refractivity contribution in [2.45, 2.75) is 45.3 Å². The number of pyridine rings is 1. The number of ether oxygens (including phenoxy) is 1. The van der Waals surface area contributed by atoms with Gasteiger partial charge in [-0.1, -0.05) is 0 Å². The first kappa shape index (κ1) is 15.4. The van der Waals surface area contributed by atoms with Crippen LogP contribution in [0.15, 0.2) is 18.5 Å². The van der Waals surface area contributed by atoms with Crippen molar-refractivity contribution in [3.05, 3.63) is 29.8 Å². The Morgan fingerprint density at radius 1 is 1.38 bits per heavy atom. The molecule has 6 heteroatoms. The Hall–Kier alpha value is -1.98. The van der Waals surface area contributed by atoms with Crippen molar-refractivity contribution in [1.82, 2.24) is 9.88 Å². The molecule has 5 nitrogen and oxygen atoms in total. The smallest absolute Gasteiger partial charge is 0.329 e. The van der Waals surface area contributed by atoms with Crippen LogP contribution < -0.4 is 0 Å². The largest absolute Gasteiger partial charge is 0.458 e. The number of hydrogen-bond acceptors (Lipinski definition) is 4. The second kappa shape index (κ2) is 5.79. The lowest BCUT2D eigenvalue weighted by molar-refractivity contribution is -0.159. The zero-order valence-corrected chi connectivity index (χ0v) is 12.4. The predicted octanol–water partition coefficient (Wildman–Crippen LogP) is 2.17. The molecular weight excluding hydrogens is 275 g/mol. The average Bonchev–Trinajstić information content (AvgIpc) is 2.85. The van der Waals surface area contributed by atoms with Gasteiger partial charge in [0.05, 0.1) is 11.8 Å². The number of carbonyl (C=O) groups is 2. The lowest BCUT2D eigenvalue weighted by Crippen LogP contribution is -2.43. The van der Waals surface area contributed by atoms with Gasteiger partial charge in [0.1, 0.15) is 17.5 Å². The fourth-order valence-electron chi connectivity index (χ4n) is 2.32. The van der Waals surface area contributed by atoms with E-state index in [1.165, 1.54) is 11.1 Å². The molecule has 0 aromatic carbocycles. The van der Waals surface area contributed by atoms with Gasteiger partial charge in [0.15, 0.2) is 0 Å². The minimum absolute atomic E-state index is 0.144. The van der Waals surface area contributed by atoms with Gasteiger partial charge >= 0.3 is 5.97 Å². The van der Waals surface area contributed by atoms with Crippen molar-refractivity contribution < 1.29 is 18.7 Å². The predicted molar refractivity (Wildman–Crippen MR) is 74.1 cm³/mol. The molecule has 2 rings (SSSR count). The molecular formula is C15H19FN2O3. The Morgan fingerprint density at radius 2 is 2.10 bits per heavy atom. The van der Waals surface area contributed by atoms with Crippen LogP contribution in [-0.2, 0) is 9.53 Å². The van der Waals surface area contributed by atoms with Gasteiger partial charge in [0, 0.05) is 12.7 Å². The van der Waals surface area contributed by atoms with Gasteiger partial charge in [-0.3, -0.25) is 9.78 Å². The second-order valence-corrected chi connectivity index (χ2v) is 6.08. The Kier molecular flexibility index (Phi) is 4.25. The van der Waals surface area contributed by atoms with Gasteiger partial charge in [0.2, 0.25) is 0 Å². The normalized spacial score (nSPS) is 18.7. The van der Waals surface area contributed by atoms with Crippen molar-refractivity contribution in [2.24, 2.45) is 0 Å². The average molecular weight is 294 g/mol.